The van der Waals surface area contributed by atoms with Gasteiger partial charge in [0.1, 0.15) is 0 Å². The number of nitrogens with zero attached hydrogens (tertiary/aromatic N) is 2. The average molecular weight is 454 g/mol. The molecular formula is C26H35N3O4. The Balaban J connectivity index is 1.71. The van der Waals surface area contributed by atoms with Crippen molar-refractivity contribution in [3.63, 3.8) is 0 Å². The molecule has 0 spiro atoms. The van der Waals surface area contributed by atoms with Crippen molar-refractivity contribution < 1.29 is 19.4 Å². The number of hydrogen-bond donors (Lipinski definition) is 2. The Bertz CT molecular complexity index is 992. The van der Waals surface area contributed by atoms with Crippen molar-refractivity contribution in [3.05, 3.63) is 53.9 Å². The Hall–Kier alpha value is -3.09. The molecule has 0 bridgehead atoms. The van der Waals surface area contributed by atoms with Gasteiger partial charge in [-0.25, -0.2) is 4.98 Å². The van der Waals surface area contributed by atoms with Gasteiger partial charge in [-0.15, -0.1) is 0 Å². The lowest BCUT2D eigenvalue weighted by Gasteiger charge is -2.47. The largest absolute Gasteiger partial charge is 0.503 e. The van der Waals surface area contributed by atoms with Crippen LogP contribution in [0.15, 0.2) is 42.6 Å². The number of ether oxygens (including phenoxy) is 1. The van der Waals surface area contributed by atoms with E-state index in [2.05, 4.69) is 36.3 Å². The summed E-state index contributed by atoms with van der Waals surface area (Å²) in [4.78, 5) is 32.2. The van der Waals surface area contributed by atoms with Gasteiger partial charge in [-0.3, -0.25) is 9.59 Å². The molecule has 0 radical (unpaired) electrons. The van der Waals surface area contributed by atoms with Crippen LogP contribution in [-0.4, -0.2) is 53.5 Å². The molecule has 1 aromatic heterocycles. The summed E-state index contributed by atoms with van der Waals surface area (Å²) < 4.78 is 5.08. The van der Waals surface area contributed by atoms with Crippen LogP contribution in [0.5, 0.6) is 11.5 Å². The Morgan fingerprint density at radius 1 is 1.18 bits per heavy atom. The lowest BCUT2D eigenvalue weighted by atomic mass is 9.62. The first-order valence-electron chi connectivity index (χ1n) is 11.4. The lowest BCUT2D eigenvalue weighted by Crippen LogP contribution is -2.52. The van der Waals surface area contributed by atoms with Gasteiger partial charge in [0.15, 0.2) is 17.2 Å². The number of amides is 2. The van der Waals surface area contributed by atoms with E-state index in [4.69, 9.17) is 4.74 Å². The molecule has 1 fully saturated rings. The summed E-state index contributed by atoms with van der Waals surface area (Å²) in [6, 6.07) is 11.4. The summed E-state index contributed by atoms with van der Waals surface area (Å²) >= 11 is 0. The molecule has 1 aliphatic carbocycles. The van der Waals surface area contributed by atoms with Gasteiger partial charge in [-0.1, -0.05) is 51.1 Å². The van der Waals surface area contributed by atoms with E-state index in [9.17, 15) is 14.7 Å². The number of hydrogen-bond acceptors (Lipinski definition) is 5. The Morgan fingerprint density at radius 2 is 1.88 bits per heavy atom. The summed E-state index contributed by atoms with van der Waals surface area (Å²) in [5, 5.41) is 13.3. The third-order valence-electron chi connectivity index (χ3n) is 6.46. The van der Waals surface area contributed by atoms with Crippen LogP contribution in [0, 0.1) is 10.8 Å². The molecule has 1 aliphatic rings. The highest BCUT2D eigenvalue weighted by Crippen LogP contribution is 2.47. The van der Waals surface area contributed by atoms with Crippen LogP contribution in [0.2, 0.25) is 0 Å². The first kappa shape index (κ1) is 24.6. The normalized spacial score (nSPS) is 21.8. The Morgan fingerprint density at radius 3 is 2.55 bits per heavy atom. The van der Waals surface area contributed by atoms with Gasteiger partial charge in [-0.05, 0) is 36.7 Å². The molecule has 7 heteroatoms. The smallest absolute Gasteiger partial charge is 0.274 e. The minimum atomic E-state index is -0.602. The molecule has 2 atom stereocenters. The predicted molar refractivity (Wildman–Crippen MR) is 127 cm³/mol. The van der Waals surface area contributed by atoms with E-state index in [-0.39, 0.29) is 34.6 Å². The van der Waals surface area contributed by atoms with Crippen LogP contribution in [0.25, 0.3) is 0 Å². The monoisotopic (exact) mass is 453 g/mol. The van der Waals surface area contributed by atoms with Crippen molar-refractivity contribution in [2.45, 2.75) is 52.5 Å². The second-order valence-corrected chi connectivity index (χ2v) is 10.2. The molecule has 2 aromatic rings. The zero-order valence-corrected chi connectivity index (χ0v) is 20.2. The number of likely N-dealkylation sites (N-methyl/N-ethyl adjacent to an activating group) is 1. The van der Waals surface area contributed by atoms with Gasteiger partial charge in [0.05, 0.1) is 7.11 Å². The molecule has 7 nitrogen and oxygen atoms in total. The second-order valence-electron chi connectivity index (χ2n) is 10.2. The fourth-order valence-electron chi connectivity index (χ4n) is 5.27. The molecule has 1 heterocycles. The molecule has 0 saturated heterocycles. The first-order chi connectivity index (χ1) is 15.5. The molecule has 178 valence electrons. The van der Waals surface area contributed by atoms with E-state index in [0.717, 1.165) is 19.3 Å². The second kappa shape index (κ2) is 9.81. The first-order valence-corrected chi connectivity index (χ1v) is 11.4. The van der Waals surface area contributed by atoms with E-state index in [1.165, 1.54) is 24.9 Å². The standard InChI is InChI=1S/C26H35N3O4/c1-25(2)15-19(28-23(31)21-22(30)20(33-5)11-13-27-21)16-26(3,17-25)24(32)29(4)14-12-18-9-7-6-8-10-18/h6-11,13,19,30H,12,14-17H2,1-5H3,(H,28,31)/t19-,26+/m1/s1. The highest BCUT2D eigenvalue weighted by Gasteiger charge is 2.47. The van der Waals surface area contributed by atoms with Gasteiger partial charge in [0, 0.05) is 37.3 Å². The number of carbonyl (C=O) groups excluding carboxylic acids is 2. The van der Waals surface area contributed by atoms with E-state index >= 15 is 0 Å². The molecule has 0 aliphatic heterocycles. The van der Waals surface area contributed by atoms with Gasteiger partial charge < -0.3 is 20.1 Å². The van der Waals surface area contributed by atoms with Crippen LogP contribution < -0.4 is 10.1 Å². The van der Waals surface area contributed by atoms with Gasteiger partial charge in [0.25, 0.3) is 5.91 Å². The van der Waals surface area contributed by atoms with Crippen LogP contribution in [-0.2, 0) is 11.2 Å². The number of aromatic hydroxyl groups is 1. The lowest BCUT2D eigenvalue weighted by molar-refractivity contribution is -0.144. The van der Waals surface area contributed by atoms with E-state index in [1.807, 2.05) is 37.1 Å². The molecular weight excluding hydrogens is 418 g/mol. The maximum atomic E-state index is 13.5. The number of carbonyl (C=O) groups is 2. The van der Waals surface area contributed by atoms with Crippen LogP contribution >= 0.6 is 0 Å². The van der Waals surface area contributed by atoms with Crippen LogP contribution in [0.3, 0.4) is 0 Å². The van der Waals surface area contributed by atoms with Crippen LogP contribution in [0.4, 0.5) is 0 Å². The summed E-state index contributed by atoms with van der Waals surface area (Å²) in [6.45, 7) is 6.89. The van der Waals surface area contributed by atoms with E-state index in [1.54, 1.807) is 0 Å². The van der Waals surface area contributed by atoms with Crippen LogP contribution in [0.1, 0.15) is 56.1 Å². The van der Waals surface area contributed by atoms with Gasteiger partial charge >= 0.3 is 0 Å². The minimum Gasteiger partial charge on any atom is -0.503 e. The van der Waals surface area contributed by atoms with E-state index in [0.29, 0.717) is 13.0 Å². The fourth-order valence-corrected chi connectivity index (χ4v) is 5.27. The highest BCUT2D eigenvalue weighted by atomic mass is 16.5. The molecule has 1 saturated carbocycles. The zero-order valence-electron chi connectivity index (χ0n) is 20.2. The summed E-state index contributed by atoms with van der Waals surface area (Å²) in [6.07, 6.45) is 4.22. The third-order valence-corrected chi connectivity index (χ3v) is 6.46. The molecule has 1 aromatic carbocycles. The fraction of sp³-hybridized carbons (Fsp3) is 0.500. The maximum absolute atomic E-state index is 13.5. The third kappa shape index (κ3) is 5.83. The SMILES string of the molecule is COc1ccnc(C(=O)N[C@@H]2CC(C)(C)C[C@@](C)(C(=O)N(C)CCc3ccccc3)C2)c1O. The number of nitrogens with one attached hydrogen (secondary N) is 1. The van der Waals surface area contributed by atoms with Crippen molar-refractivity contribution in [3.8, 4) is 11.5 Å². The van der Waals surface area contributed by atoms with Crippen molar-refractivity contribution >= 4 is 11.8 Å². The topological polar surface area (TPSA) is 91.8 Å². The van der Waals surface area contributed by atoms with Crippen molar-refractivity contribution in [1.29, 1.82) is 0 Å². The Labute approximate surface area is 196 Å². The highest BCUT2D eigenvalue weighted by molar-refractivity contribution is 5.95. The minimum absolute atomic E-state index is 0.0780. The van der Waals surface area contributed by atoms with Gasteiger partial charge in [0.2, 0.25) is 5.91 Å². The van der Waals surface area contributed by atoms with Crippen molar-refractivity contribution in [1.82, 2.24) is 15.2 Å². The van der Waals surface area contributed by atoms with Gasteiger partial charge in [-0.2, -0.15) is 0 Å². The van der Waals surface area contributed by atoms with Crippen molar-refractivity contribution in [2.75, 3.05) is 20.7 Å². The zero-order chi connectivity index (χ0) is 24.2. The maximum Gasteiger partial charge on any atom is 0.274 e. The Kier molecular flexibility index (Phi) is 7.30. The number of aromatic nitrogens is 1. The quantitative estimate of drug-likeness (QED) is 0.665. The summed E-state index contributed by atoms with van der Waals surface area (Å²) in [5.41, 5.74) is 0.382. The predicted octanol–water partition coefficient (Wildman–Crippen LogP) is 3.81. The average Bonchev–Trinajstić information content (AvgIpc) is 2.76. The van der Waals surface area contributed by atoms with E-state index < -0.39 is 11.3 Å². The summed E-state index contributed by atoms with van der Waals surface area (Å²) in [7, 11) is 3.27. The molecule has 0 unspecified atom stereocenters. The molecule has 2 N–H and O–H groups in total. The number of pyridine rings is 1. The number of methoxy groups -OCH3 is 1. The molecule has 3 rings (SSSR count). The molecule has 33 heavy (non-hydrogen) atoms. The number of rotatable bonds is 7. The van der Waals surface area contributed by atoms with Crippen molar-refractivity contribution in [2.24, 2.45) is 10.8 Å². The summed E-state index contributed by atoms with van der Waals surface area (Å²) in [5.74, 6) is -0.472. The number of benzene rings is 1. The molecule has 2 amide bonds.